The standard InChI is InChI=1S/C15H20O3/c16-11-8-13-14(12-6-2-1-3-7-12)18-15(17-13)9-4-5-10-15/h1-3,6-7,13-14,16H,4-5,8-11H2/t13-,14-/m0/s1. The first-order chi connectivity index (χ1) is 8.83. The van der Waals surface area contributed by atoms with Crippen molar-refractivity contribution in [1.82, 2.24) is 0 Å². The molecular weight excluding hydrogens is 228 g/mol. The van der Waals surface area contributed by atoms with Gasteiger partial charge in [0.2, 0.25) is 0 Å². The van der Waals surface area contributed by atoms with Gasteiger partial charge in [-0.15, -0.1) is 0 Å². The van der Waals surface area contributed by atoms with Gasteiger partial charge in [0.25, 0.3) is 0 Å². The van der Waals surface area contributed by atoms with E-state index in [4.69, 9.17) is 9.47 Å². The minimum Gasteiger partial charge on any atom is -0.396 e. The molecule has 1 heterocycles. The van der Waals surface area contributed by atoms with Crippen molar-refractivity contribution in [2.24, 2.45) is 0 Å². The first kappa shape index (κ1) is 12.2. The average Bonchev–Trinajstić information content (AvgIpc) is 3.00. The van der Waals surface area contributed by atoms with Gasteiger partial charge in [0.15, 0.2) is 5.79 Å². The summed E-state index contributed by atoms with van der Waals surface area (Å²) in [6, 6.07) is 10.2. The maximum Gasteiger partial charge on any atom is 0.169 e. The van der Waals surface area contributed by atoms with Gasteiger partial charge in [0.05, 0.1) is 6.10 Å². The molecule has 2 atom stereocenters. The van der Waals surface area contributed by atoms with Crippen LogP contribution in [0.4, 0.5) is 0 Å². The Bertz CT molecular complexity index is 384. The maximum atomic E-state index is 9.19. The van der Waals surface area contributed by atoms with Crippen molar-refractivity contribution in [2.75, 3.05) is 6.61 Å². The fourth-order valence-corrected chi connectivity index (χ4v) is 3.09. The van der Waals surface area contributed by atoms with Crippen LogP contribution < -0.4 is 0 Å². The number of hydrogen-bond donors (Lipinski definition) is 1. The van der Waals surface area contributed by atoms with E-state index in [9.17, 15) is 5.11 Å². The van der Waals surface area contributed by atoms with E-state index in [2.05, 4.69) is 12.1 Å². The molecule has 1 saturated heterocycles. The summed E-state index contributed by atoms with van der Waals surface area (Å²) < 4.78 is 12.4. The van der Waals surface area contributed by atoms with Crippen LogP contribution in [0.2, 0.25) is 0 Å². The zero-order valence-electron chi connectivity index (χ0n) is 10.5. The van der Waals surface area contributed by atoms with E-state index in [0.29, 0.717) is 6.42 Å². The van der Waals surface area contributed by atoms with Crippen molar-refractivity contribution >= 4 is 0 Å². The van der Waals surface area contributed by atoms with Crippen molar-refractivity contribution in [2.45, 2.75) is 50.1 Å². The van der Waals surface area contributed by atoms with E-state index in [1.54, 1.807) is 0 Å². The van der Waals surface area contributed by atoms with Crippen LogP contribution in [0.1, 0.15) is 43.8 Å². The largest absolute Gasteiger partial charge is 0.396 e. The first-order valence-corrected chi connectivity index (χ1v) is 6.84. The van der Waals surface area contributed by atoms with Gasteiger partial charge in [0.1, 0.15) is 6.10 Å². The second-order valence-electron chi connectivity index (χ2n) is 5.24. The van der Waals surface area contributed by atoms with Gasteiger partial charge in [-0.3, -0.25) is 0 Å². The number of aliphatic hydroxyl groups excluding tert-OH is 1. The Morgan fingerprint density at radius 3 is 2.50 bits per heavy atom. The van der Waals surface area contributed by atoms with Crippen LogP contribution in [-0.4, -0.2) is 23.6 Å². The summed E-state index contributed by atoms with van der Waals surface area (Å²) in [4.78, 5) is 0. The zero-order chi connectivity index (χ0) is 12.4. The molecule has 3 rings (SSSR count). The maximum absolute atomic E-state index is 9.19. The predicted molar refractivity (Wildman–Crippen MR) is 68.0 cm³/mol. The third-order valence-electron chi connectivity index (χ3n) is 3.95. The van der Waals surface area contributed by atoms with E-state index in [0.717, 1.165) is 18.4 Å². The SMILES string of the molecule is OCC[C@@H]1OC2(CCCC2)O[C@H]1c1ccccc1. The quantitative estimate of drug-likeness (QED) is 0.894. The average molecular weight is 248 g/mol. The van der Waals surface area contributed by atoms with Crippen LogP contribution in [0, 0.1) is 0 Å². The number of rotatable bonds is 3. The normalized spacial score (nSPS) is 30.1. The van der Waals surface area contributed by atoms with Crippen molar-refractivity contribution in [3.05, 3.63) is 35.9 Å². The molecule has 0 amide bonds. The summed E-state index contributed by atoms with van der Waals surface area (Å²) in [6.45, 7) is 0.146. The van der Waals surface area contributed by atoms with Crippen LogP contribution in [0.3, 0.4) is 0 Å². The molecule has 0 bridgehead atoms. The van der Waals surface area contributed by atoms with Crippen LogP contribution in [0.5, 0.6) is 0 Å². The third-order valence-corrected chi connectivity index (χ3v) is 3.95. The molecule has 2 aliphatic rings. The highest BCUT2D eigenvalue weighted by molar-refractivity contribution is 5.20. The van der Waals surface area contributed by atoms with E-state index >= 15 is 0 Å². The molecule has 1 aliphatic heterocycles. The van der Waals surface area contributed by atoms with Gasteiger partial charge in [0, 0.05) is 19.4 Å². The Morgan fingerprint density at radius 1 is 1.11 bits per heavy atom. The van der Waals surface area contributed by atoms with E-state index in [-0.39, 0.29) is 24.6 Å². The minimum atomic E-state index is -0.375. The van der Waals surface area contributed by atoms with Crippen LogP contribution in [0.15, 0.2) is 30.3 Å². The highest BCUT2D eigenvalue weighted by atomic mass is 16.8. The number of hydrogen-bond acceptors (Lipinski definition) is 3. The van der Waals surface area contributed by atoms with Crippen molar-refractivity contribution < 1.29 is 14.6 Å². The molecule has 1 spiro atoms. The molecule has 1 aliphatic carbocycles. The Hall–Kier alpha value is -0.900. The highest BCUT2D eigenvalue weighted by Gasteiger charge is 2.49. The Kier molecular flexibility index (Phi) is 3.37. The third kappa shape index (κ3) is 2.18. The van der Waals surface area contributed by atoms with Gasteiger partial charge in [-0.1, -0.05) is 30.3 Å². The number of aliphatic hydroxyl groups is 1. The molecule has 3 nitrogen and oxygen atoms in total. The molecule has 1 N–H and O–H groups in total. The van der Waals surface area contributed by atoms with Gasteiger partial charge in [-0.05, 0) is 24.8 Å². The molecule has 3 heteroatoms. The molecule has 1 saturated carbocycles. The summed E-state index contributed by atoms with van der Waals surface area (Å²) in [5, 5.41) is 9.19. The van der Waals surface area contributed by atoms with E-state index in [1.165, 1.54) is 12.8 Å². The van der Waals surface area contributed by atoms with Crippen LogP contribution in [0.25, 0.3) is 0 Å². The molecule has 18 heavy (non-hydrogen) atoms. The summed E-state index contributed by atoms with van der Waals surface area (Å²) in [6.07, 6.45) is 4.91. The molecule has 2 fully saturated rings. The van der Waals surface area contributed by atoms with E-state index in [1.807, 2.05) is 18.2 Å². The predicted octanol–water partition coefficient (Wildman–Crippen LogP) is 2.80. The van der Waals surface area contributed by atoms with Crippen LogP contribution in [-0.2, 0) is 9.47 Å². The van der Waals surface area contributed by atoms with Crippen molar-refractivity contribution in [3.63, 3.8) is 0 Å². The summed E-state index contributed by atoms with van der Waals surface area (Å²) >= 11 is 0. The number of benzene rings is 1. The fourth-order valence-electron chi connectivity index (χ4n) is 3.09. The molecule has 0 unspecified atom stereocenters. The molecule has 1 aromatic rings. The van der Waals surface area contributed by atoms with Crippen molar-refractivity contribution in [1.29, 1.82) is 0 Å². The molecule has 1 aromatic carbocycles. The monoisotopic (exact) mass is 248 g/mol. The Morgan fingerprint density at radius 2 is 1.83 bits per heavy atom. The zero-order valence-corrected chi connectivity index (χ0v) is 10.5. The van der Waals surface area contributed by atoms with Gasteiger partial charge >= 0.3 is 0 Å². The lowest BCUT2D eigenvalue weighted by molar-refractivity contribution is -0.170. The van der Waals surface area contributed by atoms with Gasteiger partial charge in [-0.25, -0.2) is 0 Å². The van der Waals surface area contributed by atoms with Gasteiger partial charge < -0.3 is 14.6 Å². The molecule has 98 valence electrons. The summed E-state index contributed by atoms with van der Waals surface area (Å²) in [5.74, 6) is -0.375. The second kappa shape index (κ2) is 5.00. The topological polar surface area (TPSA) is 38.7 Å². The lowest BCUT2D eigenvalue weighted by Crippen LogP contribution is -2.26. The smallest absolute Gasteiger partial charge is 0.169 e. The van der Waals surface area contributed by atoms with Crippen molar-refractivity contribution in [3.8, 4) is 0 Å². The molecule has 0 radical (unpaired) electrons. The Balaban J connectivity index is 1.83. The Labute approximate surface area is 108 Å². The molecular formula is C15H20O3. The lowest BCUT2D eigenvalue weighted by Gasteiger charge is -2.22. The van der Waals surface area contributed by atoms with E-state index < -0.39 is 0 Å². The highest BCUT2D eigenvalue weighted by Crippen LogP contribution is 2.47. The summed E-state index contributed by atoms with van der Waals surface area (Å²) in [5.41, 5.74) is 1.15. The fraction of sp³-hybridized carbons (Fsp3) is 0.600. The summed E-state index contributed by atoms with van der Waals surface area (Å²) in [7, 11) is 0. The second-order valence-corrected chi connectivity index (χ2v) is 5.24. The lowest BCUT2D eigenvalue weighted by atomic mass is 10.0. The first-order valence-electron chi connectivity index (χ1n) is 6.84. The number of ether oxygens (including phenoxy) is 2. The minimum absolute atomic E-state index is 0.0181. The van der Waals surface area contributed by atoms with Gasteiger partial charge in [-0.2, -0.15) is 0 Å². The van der Waals surface area contributed by atoms with Crippen LogP contribution >= 0.6 is 0 Å². The molecule has 0 aromatic heterocycles.